The molecule has 9 heteroatoms. The average Bonchev–Trinajstić information content (AvgIpc) is 3.27. The molecule has 0 spiro atoms. The molecule has 1 saturated heterocycles. The van der Waals surface area contributed by atoms with Gasteiger partial charge in [-0.1, -0.05) is 18.2 Å². The second-order valence-electron chi connectivity index (χ2n) is 7.31. The summed E-state index contributed by atoms with van der Waals surface area (Å²) in [4.78, 5) is 24.4. The molecule has 7 nitrogen and oxygen atoms in total. The Morgan fingerprint density at radius 1 is 1.23 bits per heavy atom. The van der Waals surface area contributed by atoms with Crippen molar-refractivity contribution in [1.29, 1.82) is 0 Å². The topological polar surface area (TPSA) is 93.9 Å². The van der Waals surface area contributed by atoms with Gasteiger partial charge in [-0.25, -0.2) is 13.2 Å². The molecule has 0 radical (unpaired) electrons. The van der Waals surface area contributed by atoms with Gasteiger partial charge in [0.25, 0.3) is 10.0 Å². The van der Waals surface area contributed by atoms with Crippen LogP contribution in [0.2, 0.25) is 0 Å². The van der Waals surface area contributed by atoms with Crippen molar-refractivity contribution in [3.63, 3.8) is 0 Å². The first-order valence-electron chi connectivity index (χ1n) is 9.58. The van der Waals surface area contributed by atoms with Crippen LogP contribution in [0, 0.1) is 12.8 Å². The van der Waals surface area contributed by atoms with Gasteiger partial charge in [0.1, 0.15) is 16.4 Å². The van der Waals surface area contributed by atoms with E-state index in [0.29, 0.717) is 28.2 Å². The molecule has 0 atom stereocenters. The number of sulfonamides is 1. The summed E-state index contributed by atoms with van der Waals surface area (Å²) >= 11 is 1.18. The number of fused-ring (bicyclic) bond motifs is 1. The molecule has 0 bridgehead atoms. The van der Waals surface area contributed by atoms with Crippen molar-refractivity contribution in [2.45, 2.75) is 30.6 Å². The lowest BCUT2D eigenvalue weighted by Gasteiger charge is -2.29. The van der Waals surface area contributed by atoms with Crippen molar-refractivity contribution in [1.82, 2.24) is 4.31 Å². The molecule has 0 N–H and O–H groups in total. The van der Waals surface area contributed by atoms with Gasteiger partial charge >= 0.3 is 11.6 Å². The fourth-order valence-electron chi connectivity index (χ4n) is 3.59. The normalized spacial score (nSPS) is 16.0. The van der Waals surface area contributed by atoms with E-state index in [0.717, 1.165) is 10.9 Å². The lowest BCUT2D eigenvalue weighted by Crippen LogP contribution is -2.40. The predicted molar refractivity (Wildman–Crippen MR) is 113 cm³/mol. The maximum Gasteiger partial charge on any atom is 0.336 e. The number of hydrogen-bond donors (Lipinski definition) is 0. The fraction of sp³-hybridized carbons (Fsp3) is 0.333. The van der Waals surface area contributed by atoms with Crippen molar-refractivity contribution in [3.8, 4) is 0 Å². The summed E-state index contributed by atoms with van der Waals surface area (Å²) in [6, 6.07) is 10.1. The minimum absolute atomic E-state index is 0.0301. The van der Waals surface area contributed by atoms with E-state index in [9.17, 15) is 18.0 Å². The number of nitrogens with zero attached hydrogens (tertiary/aromatic N) is 1. The highest BCUT2D eigenvalue weighted by atomic mass is 32.2. The number of piperidine rings is 1. The predicted octanol–water partition coefficient (Wildman–Crippen LogP) is 3.31. The van der Waals surface area contributed by atoms with Gasteiger partial charge in [0, 0.05) is 30.1 Å². The molecule has 3 heterocycles. The molecule has 3 aromatic rings. The summed E-state index contributed by atoms with van der Waals surface area (Å²) in [6.07, 6.45) is 0.806. The number of carbonyl (C=O) groups excluding carboxylic acids is 1. The van der Waals surface area contributed by atoms with Crippen molar-refractivity contribution >= 4 is 38.3 Å². The van der Waals surface area contributed by atoms with Crippen LogP contribution in [0.5, 0.6) is 0 Å². The van der Waals surface area contributed by atoms with Crippen LogP contribution in [-0.4, -0.2) is 31.8 Å². The van der Waals surface area contributed by atoms with Gasteiger partial charge in [-0.2, -0.15) is 4.31 Å². The van der Waals surface area contributed by atoms with E-state index in [4.69, 9.17) is 9.15 Å². The number of carbonyl (C=O) groups is 1. The van der Waals surface area contributed by atoms with Gasteiger partial charge in [-0.05, 0) is 42.8 Å². The minimum atomic E-state index is -3.50. The van der Waals surface area contributed by atoms with Gasteiger partial charge in [0.05, 0.1) is 5.92 Å². The zero-order valence-electron chi connectivity index (χ0n) is 16.4. The minimum Gasteiger partial charge on any atom is -0.461 e. The number of ether oxygens (including phenoxy) is 1. The quantitative estimate of drug-likeness (QED) is 0.440. The van der Waals surface area contributed by atoms with E-state index in [-0.39, 0.29) is 31.6 Å². The number of thiophene rings is 1. The Labute approximate surface area is 177 Å². The van der Waals surface area contributed by atoms with Crippen molar-refractivity contribution in [2.24, 2.45) is 5.92 Å². The molecule has 158 valence electrons. The summed E-state index contributed by atoms with van der Waals surface area (Å²) in [6.45, 7) is 2.42. The van der Waals surface area contributed by atoms with Crippen LogP contribution in [0.1, 0.15) is 24.0 Å². The van der Waals surface area contributed by atoms with Crippen LogP contribution in [0.15, 0.2) is 55.2 Å². The molecule has 1 fully saturated rings. The maximum atomic E-state index is 12.6. The number of benzene rings is 1. The number of aryl methyl sites for hydroxylation is 1. The highest BCUT2D eigenvalue weighted by Crippen LogP contribution is 2.27. The van der Waals surface area contributed by atoms with Gasteiger partial charge < -0.3 is 9.15 Å². The molecule has 1 aliphatic heterocycles. The van der Waals surface area contributed by atoms with E-state index in [2.05, 4.69) is 0 Å². The van der Waals surface area contributed by atoms with E-state index in [1.807, 2.05) is 19.1 Å². The molecular formula is C21H21NO6S2. The molecule has 0 amide bonds. The summed E-state index contributed by atoms with van der Waals surface area (Å²) in [5.74, 6) is -0.745. The number of esters is 1. The van der Waals surface area contributed by atoms with Gasteiger partial charge in [0.15, 0.2) is 0 Å². The molecule has 1 aromatic carbocycles. The Morgan fingerprint density at radius 3 is 2.70 bits per heavy atom. The molecule has 0 aliphatic carbocycles. The smallest absolute Gasteiger partial charge is 0.336 e. The van der Waals surface area contributed by atoms with Crippen molar-refractivity contribution < 1.29 is 22.4 Å². The highest BCUT2D eigenvalue weighted by molar-refractivity contribution is 7.91. The number of rotatable bonds is 5. The molecule has 1 aliphatic rings. The SMILES string of the molecule is Cc1ccc2c(COC(=O)C3CCN(S(=O)(=O)c4cccs4)CC3)cc(=O)oc2c1. The Kier molecular flexibility index (Phi) is 5.77. The van der Waals surface area contributed by atoms with Crippen LogP contribution < -0.4 is 5.63 Å². The van der Waals surface area contributed by atoms with Gasteiger partial charge in [-0.15, -0.1) is 11.3 Å². The van der Waals surface area contributed by atoms with Crippen LogP contribution in [0.4, 0.5) is 0 Å². The standard InChI is InChI=1S/C21H21NO6S2/c1-14-4-5-17-16(12-19(23)28-18(17)11-14)13-27-21(24)15-6-8-22(9-7-15)30(25,26)20-3-2-10-29-20/h2-5,10-12,15H,6-9,13H2,1H3. The molecule has 4 rings (SSSR count). The average molecular weight is 448 g/mol. The molecule has 2 aromatic heterocycles. The zero-order valence-corrected chi connectivity index (χ0v) is 18.0. The van der Waals surface area contributed by atoms with E-state index < -0.39 is 15.6 Å². The third kappa shape index (κ3) is 4.19. The Morgan fingerprint density at radius 2 is 2.00 bits per heavy atom. The maximum absolute atomic E-state index is 12.6. The number of hydrogen-bond acceptors (Lipinski definition) is 7. The first kappa shape index (κ1) is 20.8. The van der Waals surface area contributed by atoms with Crippen LogP contribution in [-0.2, 0) is 26.2 Å². The molecule has 0 saturated carbocycles. The summed E-state index contributed by atoms with van der Waals surface area (Å²) in [5.41, 5.74) is 1.52. The molecule has 0 unspecified atom stereocenters. The second-order valence-corrected chi connectivity index (χ2v) is 10.4. The second kappa shape index (κ2) is 8.33. The van der Waals surface area contributed by atoms with Crippen molar-refractivity contribution in [2.75, 3.05) is 13.1 Å². The van der Waals surface area contributed by atoms with E-state index in [1.54, 1.807) is 23.6 Å². The molecular weight excluding hydrogens is 426 g/mol. The van der Waals surface area contributed by atoms with E-state index >= 15 is 0 Å². The Bertz CT molecular complexity index is 1220. The van der Waals surface area contributed by atoms with E-state index in [1.165, 1.54) is 21.7 Å². The summed E-state index contributed by atoms with van der Waals surface area (Å²) in [7, 11) is -3.50. The summed E-state index contributed by atoms with van der Waals surface area (Å²) in [5, 5.41) is 2.46. The van der Waals surface area contributed by atoms with Gasteiger partial charge in [0.2, 0.25) is 0 Å². The lowest BCUT2D eigenvalue weighted by molar-refractivity contribution is -0.151. The van der Waals surface area contributed by atoms with Crippen LogP contribution >= 0.6 is 11.3 Å². The lowest BCUT2D eigenvalue weighted by atomic mass is 9.98. The Balaban J connectivity index is 1.39. The largest absolute Gasteiger partial charge is 0.461 e. The third-order valence-corrected chi connectivity index (χ3v) is 8.50. The Hall–Kier alpha value is -2.49. The monoisotopic (exact) mass is 447 g/mol. The fourth-order valence-corrected chi connectivity index (χ4v) is 6.21. The zero-order chi connectivity index (χ0) is 21.3. The highest BCUT2D eigenvalue weighted by Gasteiger charge is 2.33. The molecule has 30 heavy (non-hydrogen) atoms. The van der Waals surface area contributed by atoms with Gasteiger partial charge in [-0.3, -0.25) is 4.79 Å². The van der Waals surface area contributed by atoms with Crippen LogP contribution in [0.25, 0.3) is 11.0 Å². The summed E-state index contributed by atoms with van der Waals surface area (Å²) < 4.78 is 37.6. The van der Waals surface area contributed by atoms with Crippen LogP contribution in [0.3, 0.4) is 0 Å². The third-order valence-electron chi connectivity index (χ3n) is 5.23. The first-order valence-corrected chi connectivity index (χ1v) is 11.9. The van der Waals surface area contributed by atoms with Crippen molar-refractivity contribution in [3.05, 3.63) is 63.3 Å². The first-order chi connectivity index (χ1) is 14.3.